The Hall–Kier alpha value is -0.390. The van der Waals surface area contributed by atoms with Crippen molar-refractivity contribution in [2.45, 2.75) is 46.7 Å². The quantitative estimate of drug-likeness (QED) is 0.827. The lowest BCUT2D eigenvalue weighted by molar-refractivity contribution is 0.282. The number of rotatable bonds is 7. The highest BCUT2D eigenvalue weighted by molar-refractivity contribution is 9.10. The maximum Gasteiger partial charge on any atom is 0.0739 e. The molecule has 0 radical (unpaired) electrons. The summed E-state index contributed by atoms with van der Waals surface area (Å²) >= 11 is 3.65. The average Bonchev–Trinajstić information content (AvgIpc) is 3.01. The maximum atomic E-state index is 4.53. The zero-order chi connectivity index (χ0) is 14.5. The number of nitrogens with one attached hydrogen (secondary N) is 1. The Bertz CT molecular complexity index is 424. The summed E-state index contributed by atoms with van der Waals surface area (Å²) < 4.78 is 3.23. The Morgan fingerprint density at radius 2 is 2.05 bits per heavy atom. The van der Waals surface area contributed by atoms with Gasteiger partial charge in [0.2, 0.25) is 0 Å². The first-order valence-electron chi connectivity index (χ1n) is 7.76. The minimum absolute atomic E-state index is 0.700. The van der Waals surface area contributed by atoms with Crippen molar-refractivity contribution >= 4 is 15.9 Å². The molecule has 0 amide bonds. The second-order valence-corrected chi connectivity index (χ2v) is 6.70. The summed E-state index contributed by atoms with van der Waals surface area (Å²) in [5, 5.41) is 8.12. The van der Waals surface area contributed by atoms with Crippen molar-refractivity contribution in [1.82, 2.24) is 20.0 Å². The first-order chi connectivity index (χ1) is 9.61. The Labute approximate surface area is 131 Å². The molecule has 1 aromatic rings. The average molecular weight is 343 g/mol. The van der Waals surface area contributed by atoms with Gasteiger partial charge in [0, 0.05) is 19.6 Å². The Kier molecular flexibility index (Phi) is 6.05. The van der Waals surface area contributed by atoms with Gasteiger partial charge in [-0.2, -0.15) is 5.10 Å². The molecule has 1 fully saturated rings. The van der Waals surface area contributed by atoms with E-state index in [9.17, 15) is 0 Å². The molecule has 2 heterocycles. The predicted octanol–water partition coefficient (Wildman–Crippen LogP) is 2.80. The molecule has 1 saturated heterocycles. The van der Waals surface area contributed by atoms with E-state index in [4.69, 9.17) is 0 Å². The molecular formula is C15H27BrN4. The summed E-state index contributed by atoms with van der Waals surface area (Å²) in [6, 6.07) is 0. The van der Waals surface area contributed by atoms with Gasteiger partial charge >= 0.3 is 0 Å². The van der Waals surface area contributed by atoms with Crippen molar-refractivity contribution in [1.29, 1.82) is 0 Å². The fourth-order valence-electron chi connectivity index (χ4n) is 2.95. The highest BCUT2D eigenvalue weighted by atomic mass is 79.9. The number of nitrogens with zero attached hydrogens (tertiary/aromatic N) is 3. The molecule has 114 valence electrons. The van der Waals surface area contributed by atoms with Crippen molar-refractivity contribution in [3.05, 3.63) is 15.9 Å². The molecule has 0 aliphatic carbocycles. The number of halogens is 1. The summed E-state index contributed by atoms with van der Waals surface area (Å²) in [4.78, 5) is 2.59. The molecule has 0 saturated carbocycles. The van der Waals surface area contributed by atoms with Gasteiger partial charge in [-0.3, -0.25) is 4.68 Å². The van der Waals surface area contributed by atoms with Crippen LogP contribution in [0.4, 0.5) is 0 Å². The van der Waals surface area contributed by atoms with Crippen LogP contribution in [0, 0.1) is 12.8 Å². The second kappa shape index (κ2) is 7.57. The van der Waals surface area contributed by atoms with Gasteiger partial charge < -0.3 is 10.2 Å². The van der Waals surface area contributed by atoms with Gasteiger partial charge in [0.05, 0.1) is 15.9 Å². The van der Waals surface area contributed by atoms with E-state index in [2.05, 4.69) is 56.7 Å². The summed E-state index contributed by atoms with van der Waals surface area (Å²) in [5.41, 5.74) is 2.34. The Morgan fingerprint density at radius 3 is 2.70 bits per heavy atom. The van der Waals surface area contributed by atoms with E-state index in [1.165, 1.54) is 38.2 Å². The van der Waals surface area contributed by atoms with E-state index < -0.39 is 0 Å². The van der Waals surface area contributed by atoms with E-state index in [0.29, 0.717) is 5.92 Å². The van der Waals surface area contributed by atoms with Crippen LogP contribution in [-0.2, 0) is 13.1 Å². The van der Waals surface area contributed by atoms with Crippen LogP contribution in [0.5, 0.6) is 0 Å². The monoisotopic (exact) mass is 342 g/mol. The minimum atomic E-state index is 0.700. The molecule has 20 heavy (non-hydrogen) atoms. The molecule has 1 unspecified atom stereocenters. The van der Waals surface area contributed by atoms with Crippen molar-refractivity contribution in [2.75, 3.05) is 26.2 Å². The third-order valence-electron chi connectivity index (χ3n) is 4.01. The lowest BCUT2D eigenvalue weighted by Crippen LogP contribution is -2.31. The summed E-state index contributed by atoms with van der Waals surface area (Å²) in [7, 11) is 0. The van der Waals surface area contributed by atoms with Gasteiger partial charge in [0.1, 0.15) is 0 Å². The first-order valence-corrected chi connectivity index (χ1v) is 8.56. The predicted molar refractivity (Wildman–Crippen MR) is 86.9 cm³/mol. The molecule has 1 atom stereocenters. The molecule has 1 aliphatic heterocycles. The molecule has 5 heteroatoms. The van der Waals surface area contributed by atoms with Gasteiger partial charge in [-0.25, -0.2) is 0 Å². The fraction of sp³-hybridized carbons (Fsp3) is 0.800. The van der Waals surface area contributed by atoms with Crippen molar-refractivity contribution in [3.8, 4) is 0 Å². The van der Waals surface area contributed by atoms with Crippen LogP contribution in [0.1, 0.15) is 38.1 Å². The maximum absolute atomic E-state index is 4.53. The standard InChI is InChI=1S/C15H27BrN4/c1-4-20-14(15(16)13(3)18-20)10-17-9-12(2)11-19-7-5-6-8-19/h12,17H,4-11H2,1-3H3. The number of likely N-dealkylation sites (tertiary alicyclic amines) is 1. The molecule has 2 rings (SSSR count). The second-order valence-electron chi connectivity index (χ2n) is 5.91. The zero-order valence-electron chi connectivity index (χ0n) is 13.0. The van der Waals surface area contributed by atoms with Gasteiger partial charge in [-0.15, -0.1) is 0 Å². The molecule has 1 N–H and O–H groups in total. The third-order valence-corrected chi connectivity index (χ3v) is 5.04. The molecule has 1 aromatic heterocycles. The van der Waals surface area contributed by atoms with Crippen LogP contribution in [0.2, 0.25) is 0 Å². The molecule has 0 bridgehead atoms. The van der Waals surface area contributed by atoms with Crippen molar-refractivity contribution in [3.63, 3.8) is 0 Å². The van der Waals surface area contributed by atoms with Crippen molar-refractivity contribution < 1.29 is 0 Å². The van der Waals surface area contributed by atoms with Crippen LogP contribution in [0.3, 0.4) is 0 Å². The Balaban J connectivity index is 1.77. The highest BCUT2D eigenvalue weighted by Gasteiger charge is 2.15. The SMILES string of the molecule is CCn1nc(C)c(Br)c1CNCC(C)CN1CCCC1. The summed E-state index contributed by atoms with van der Waals surface area (Å²) in [6.07, 6.45) is 2.75. The molecule has 4 nitrogen and oxygen atoms in total. The van der Waals surface area contributed by atoms with Crippen LogP contribution in [-0.4, -0.2) is 40.9 Å². The highest BCUT2D eigenvalue weighted by Crippen LogP contribution is 2.20. The van der Waals surface area contributed by atoms with E-state index in [1.807, 2.05) is 0 Å². The van der Waals surface area contributed by atoms with Crippen LogP contribution in [0.15, 0.2) is 4.47 Å². The van der Waals surface area contributed by atoms with E-state index in [0.717, 1.165) is 29.8 Å². The van der Waals surface area contributed by atoms with E-state index >= 15 is 0 Å². The van der Waals surface area contributed by atoms with Crippen LogP contribution < -0.4 is 5.32 Å². The van der Waals surface area contributed by atoms with Gasteiger partial charge in [-0.05, 0) is 68.2 Å². The molecule has 1 aliphatic rings. The van der Waals surface area contributed by atoms with Crippen LogP contribution in [0.25, 0.3) is 0 Å². The lowest BCUT2D eigenvalue weighted by atomic mass is 10.1. The van der Waals surface area contributed by atoms with Crippen LogP contribution >= 0.6 is 15.9 Å². The normalized spacial score (nSPS) is 17.8. The van der Waals surface area contributed by atoms with Gasteiger partial charge in [0.25, 0.3) is 0 Å². The van der Waals surface area contributed by atoms with Gasteiger partial charge in [-0.1, -0.05) is 6.92 Å². The first kappa shape index (κ1) is 16.0. The van der Waals surface area contributed by atoms with Crippen molar-refractivity contribution in [2.24, 2.45) is 5.92 Å². The van der Waals surface area contributed by atoms with E-state index in [1.54, 1.807) is 0 Å². The molecular weight excluding hydrogens is 316 g/mol. The number of aromatic nitrogens is 2. The molecule has 0 spiro atoms. The smallest absolute Gasteiger partial charge is 0.0739 e. The zero-order valence-corrected chi connectivity index (χ0v) is 14.5. The third kappa shape index (κ3) is 4.06. The Morgan fingerprint density at radius 1 is 1.35 bits per heavy atom. The summed E-state index contributed by atoms with van der Waals surface area (Å²) in [6.45, 7) is 13.2. The topological polar surface area (TPSA) is 33.1 Å². The largest absolute Gasteiger partial charge is 0.311 e. The summed E-state index contributed by atoms with van der Waals surface area (Å²) in [5.74, 6) is 0.700. The lowest BCUT2D eigenvalue weighted by Gasteiger charge is -2.20. The number of hydrogen-bond acceptors (Lipinski definition) is 3. The molecule has 0 aromatic carbocycles. The number of aryl methyl sites for hydroxylation is 2. The fourth-order valence-corrected chi connectivity index (χ4v) is 3.37. The van der Waals surface area contributed by atoms with E-state index in [-0.39, 0.29) is 0 Å². The minimum Gasteiger partial charge on any atom is -0.311 e. The number of hydrogen-bond donors (Lipinski definition) is 1. The van der Waals surface area contributed by atoms with Gasteiger partial charge in [0.15, 0.2) is 0 Å².